The lowest BCUT2D eigenvalue weighted by Crippen LogP contribution is -2.69. The van der Waals surface area contributed by atoms with E-state index in [-0.39, 0.29) is 62.6 Å². The molecule has 0 bridgehead atoms. The van der Waals surface area contributed by atoms with Crippen molar-refractivity contribution in [3.8, 4) is 6.07 Å². The standard InChI is InChI=1S/C33H46N2O3/c1-9-25(37)35-33-14-12-28(2,3)18-21(33)26-22(36)16-24-30(6)17-20(19-34)27(38)29(4,5)23(30)10-11-31(24,7)32(26,8)13-15-33/h16-17,21,23,26H,9-15,18H2,1-8H3,(H,35,37)/t21-,23-,26-,30-,31+,32+,33-/m0/s1. The lowest BCUT2D eigenvalue weighted by atomic mass is 9.35. The van der Waals surface area contributed by atoms with Crippen LogP contribution in [0.1, 0.15) is 107 Å². The highest BCUT2D eigenvalue weighted by Crippen LogP contribution is 2.73. The van der Waals surface area contributed by atoms with Crippen molar-refractivity contribution >= 4 is 17.5 Å². The Bertz CT molecular complexity index is 1220. The lowest BCUT2D eigenvalue weighted by Gasteiger charge is -2.69. The third kappa shape index (κ3) is 3.37. The van der Waals surface area contributed by atoms with Crippen LogP contribution in [0.15, 0.2) is 23.3 Å². The minimum Gasteiger partial charge on any atom is -0.350 e. The van der Waals surface area contributed by atoms with E-state index < -0.39 is 10.8 Å². The fourth-order valence-corrected chi connectivity index (χ4v) is 10.2. The van der Waals surface area contributed by atoms with Crippen LogP contribution >= 0.6 is 0 Å². The van der Waals surface area contributed by atoms with Crippen molar-refractivity contribution in [2.24, 2.45) is 44.8 Å². The van der Waals surface area contributed by atoms with Crippen LogP contribution in [0, 0.1) is 56.2 Å². The Balaban J connectivity index is 1.68. The van der Waals surface area contributed by atoms with Gasteiger partial charge in [-0.05, 0) is 79.1 Å². The number of carbonyl (C=O) groups is 3. The number of ketones is 2. The van der Waals surface area contributed by atoms with Crippen LogP contribution in [0.5, 0.6) is 0 Å². The zero-order chi connectivity index (χ0) is 28.1. The third-order valence-corrected chi connectivity index (χ3v) is 12.6. The highest BCUT2D eigenvalue weighted by atomic mass is 16.2. The van der Waals surface area contributed by atoms with E-state index in [1.807, 2.05) is 32.9 Å². The number of amides is 1. The molecule has 3 fully saturated rings. The van der Waals surface area contributed by atoms with E-state index in [9.17, 15) is 19.6 Å². The van der Waals surface area contributed by atoms with Crippen molar-refractivity contribution in [3.63, 3.8) is 0 Å². The number of Topliss-reactive ketones (excluding diaryl/α,β-unsaturated/α-hetero) is 1. The molecule has 1 N–H and O–H groups in total. The van der Waals surface area contributed by atoms with Gasteiger partial charge in [-0.25, -0.2) is 0 Å². The second kappa shape index (κ2) is 8.15. The second-order valence-corrected chi connectivity index (χ2v) is 15.3. The summed E-state index contributed by atoms with van der Waals surface area (Å²) in [6.07, 6.45) is 10.8. The summed E-state index contributed by atoms with van der Waals surface area (Å²) in [6.45, 7) is 17.3. The molecule has 206 valence electrons. The molecule has 0 saturated heterocycles. The summed E-state index contributed by atoms with van der Waals surface area (Å²) in [4.78, 5) is 40.5. The zero-order valence-corrected chi connectivity index (χ0v) is 24.7. The van der Waals surface area contributed by atoms with Crippen molar-refractivity contribution < 1.29 is 14.4 Å². The lowest BCUT2D eigenvalue weighted by molar-refractivity contribution is -0.164. The van der Waals surface area contributed by atoms with Gasteiger partial charge in [0.2, 0.25) is 5.91 Å². The normalized spacial score (nSPS) is 44.8. The quantitative estimate of drug-likeness (QED) is 0.453. The number of rotatable bonds is 2. The summed E-state index contributed by atoms with van der Waals surface area (Å²) in [5.41, 5.74) is -0.502. The number of nitrogens with zero attached hydrogens (tertiary/aromatic N) is 1. The van der Waals surface area contributed by atoms with Gasteiger partial charge in [0.1, 0.15) is 6.07 Å². The summed E-state index contributed by atoms with van der Waals surface area (Å²) < 4.78 is 0. The predicted molar refractivity (Wildman–Crippen MR) is 148 cm³/mol. The highest BCUT2D eigenvalue weighted by Gasteiger charge is 2.70. The van der Waals surface area contributed by atoms with Crippen LogP contribution in [0.4, 0.5) is 0 Å². The minimum absolute atomic E-state index is 0.0482. The van der Waals surface area contributed by atoms with Gasteiger partial charge in [0, 0.05) is 28.7 Å². The molecule has 0 heterocycles. The van der Waals surface area contributed by atoms with Crippen molar-refractivity contribution in [1.82, 2.24) is 5.32 Å². The van der Waals surface area contributed by atoms with Gasteiger partial charge in [0.05, 0.1) is 5.57 Å². The molecule has 0 aromatic carbocycles. The van der Waals surface area contributed by atoms with Gasteiger partial charge in [0.25, 0.3) is 0 Å². The van der Waals surface area contributed by atoms with Crippen molar-refractivity contribution in [1.29, 1.82) is 5.26 Å². The molecular formula is C33H46N2O3. The summed E-state index contributed by atoms with van der Waals surface area (Å²) in [6, 6.07) is 2.19. The summed E-state index contributed by atoms with van der Waals surface area (Å²) >= 11 is 0. The summed E-state index contributed by atoms with van der Waals surface area (Å²) in [5.74, 6) is 0.187. The maximum Gasteiger partial charge on any atom is 0.220 e. The Hall–Kier alpha value is -2.22. The molecule has 3 saturated carbocycles. The number of allylic oxidation sites excluding steroid dienone is 4. The molecule has 0 radical (unpaired) electrons. The van der Waals surface area contributed by atoms with E-state index in [4.69, 9.17) is 0 Å². The van der Waals surface area contributed by atoms with Crippen LogP contribution in [-0.2, 0) is 14.4 Å². The van der Waals surface area contributed by atoms with Crippen molar-refractivity contribution in [2.75, 3.05) is 0 Å². The molecule has 5 aliphatic carbocycles. The first-order chi connectivity index (χ1) is 17.5. The van der Waals surface area contributed by atoms with Gasteiger partial charge in [0.15, 0.2) is 11.6 Å². The molecule has 1 amide bonds. The molecule has 5 nitrogen and oxygen atoms in total. The minimum atomic E-state index is -0.656. The number of hydrogen-bond donors (Lipinski definition) is 1. The van der Waals surface area contributed by atoms with Gasteiger partial charge in [-0.1, -0.05) is 67.0 Å². The summed E-state index contributed by atoms with van der Waals surface area (Å²) in [7, 11) is 0. The van der Waals surface area contributed by atoms with Gasteiger partial charge in [-0.2, -0.15) is 5.26 Å². The van der Waals surface area contributed by atoms with E-state index in [1.54, 1.807) is 0 Å². The molecule has 0 unspecified atom stereocenters. The maximum absolute atomic E-state index is 14.4. The number of fused-ring (bicyclic) bond motifs is 7. The molecule has 0 spiro atoms. The maximum atomic E-state index is 14.4. The Morgan fingerprint density at radius 2 is 1.68 bits per heavy atom. The van der Waals surface area contributed by atoms with Crippen LogP contribution in [-0.4, -0.2) is 23.0 Å². The zero-order valence-electron chi connectivity index (χ0n) is 24.7. The van der Waals surface area contributed by atoms with Gasteiger partial charge in [-0.15, -0.1) is 0 Å². The first-order valence-corrected chi connectivity index (χ1v) is 14.8. The second-order valence-electron chi connectivity index (χ2n) is 15.3. The molecule has 7 atom stereocenters. The Morgan fingerprint density at radius 1 is 1.03 bits per heavy atom. The molecule has 5 aliphatic rings. The number of nitrogens with one attached hydrogen (secondary N) is 1. The van der Waals surface area contributed by atoms with Gasteiger partial charge < -0.3 is 5.32 Å². The molecule has 0 aliphatic heterocycles. The van der Waals surface area contributed by atoms with E-state index in [2.05, 4.69) is 46.0 Å². The first-order valence-electron chi connectivity index (χ1n) is 14.8. The molecule has 38 heavy (non-hydrogen) atoms. The topological polar surface area (TPSA) is 87.0 Å². The van der Waals surface area contributed by atoms with Crippen molar-refractivity contribution in [3.05, 3.63) is 23.3 Å². The predicted octanol–water partition coefficient (Wildman–Crippen LogP) is 6.48. The molecular weight excluding hydrogens is 472 g/mol. The summed E-state index contributed by atoms with van der Waals surface area (Å²) in [5, 5.41) is 13.4. The molecule has 0 aromatic rings. The smallest absolute Gasteiger partial charge is 0.220 e. The number of nitriles is 1. The Kier molecular flexibility index (Phi) is 5.87. The molecule has 0 aromatic heterocycles. The van der Waals surface area contributed by atoms with E-state index in [0.717, 1.165) is 50.5 Å². The monoisotopic (exact) mass is 518 g/mol. The van der Waals surface area contributed by atoms with E-state index >= 15 is 0 Å². The van der Waals surface area contributed by atoms with Gasteiger partial charge >= 0.3 is 0 Å². The van der Waals surface area contributed by atoms with Crippen molar-refractivity contribution in [2.45, 2.75) is 112 Å². The Morgan fingerprint density at radius 3 is 2.32 bits per heavy atom. The van der Waals surface area contributed by atoms with E-state index in [0.29, 0.717) is 6.42 Å². The largest absolute Gasteiger partial charge is 0.350 e. The average Bonchev–Trinajstić information content (AvgIpc) is 2.83. The number of hydrogen-bond acceptors (Lipinski definition) is 4. The van der Waals surface area contributed by atoms with Crippen LogP contribution < -0.4 is 5.32 Å². The molecule has 5 rings (SSSR count). The fourth-order valence-electron chi connectivity index (χ4n) is 10.2. The first kappa shape index (κ1) is 27.4. The van der Waals surface area contributed by atoms with E-state index in [1.165, 1.54) is 0 Å². The van der Waals surface area contributed by atoms with Crippen LogP contribution in [0.25, 0.3) is 0 Å². The average molecular weight is 519 g/mol. The van der Waals surface area contributed by atoms with Crippen LogP contribution in [0.2, 0.25) is 0 Å². The third-order valence-electron chi connectivity index (χ3n) is 12.6. The number of carbonyl (C=O) groups excluding carboxylic acids is 3. The fraction of sp³-hybridized carbons (Fsp3) is 0.758. The molecule has 5 heteroatoms. The Labute approximate surface area is 228 Å². The van der Waals surface area contributed by atoms with Gasteiger partial charge in [-0.3, -0.25) is 14.4 Å². The highest BCUT2D eigenvalue weighted by molar-refractivity contribution is 6.04. The SMILES string of the molecule is CCC(=O)N[C@]12CCC(C)(C)C[C@H]1[C@H]1C(=O)C=C3[C@@]4(C)C=C(C#N)C(=O)C(C)(C)[C@@H]4CC[C@@]3(C)[C@]1(C)CC2. The van der Waals surface area contributed by atoms with Crippen LogP contribution in [0.3, 0.4) is 0 Å².